The van der Waals surface area contributed by atoms with Gasteiger partial charge in [0.05, 0.1) is 23.9 Å². The van der Waals surface area contributed by atoms with Crippen LogP contribution in [-0.4, -0.2) is 47.0 Å². The lowest BCUT2D eigenvalue weighted by Gasteiger charge is -2.40. The average Bonchev–Trinajstić information content (AvgIpc) is 3.08. The maximum atomic E-state index is 13.3. The second kappa shape index (κ2) is 7.66. The lowest BCUT2D eigenvalue weighted by Crippen LogP contribution is -2.46. The maximum Gasteiger partial charge on any atom is 0.471 e. The third-order valence-corrected chi connectivity index (χ3v) is 5.82. The molecule has 0 radical (unpaired) electrons. The molecule has 0 aromatic heterocycles. The summed E-state index contributed by atoms with van der Waals surface area (Å²) in [5.41, 5.74) is 1.52. The highest BCUT2D eigenvalue weighted by molar-refractivity contribution is 6.04. The lowest BCUT2D eigenvalue weighted by molar-refractivity contribution is -0.183. The van der Waals surface area contributed by atoms with E-state index in [1.165, 1.54) is 4.90 Å². The molecule has 2 aliphatic heterocycles. The van der Waals surface area contributed by atoms with Gasteiger partial charge in [-0.05, 0) is 43.7 Å². The van der Waals surface area contributed by atoms with Crippen LogP contribution >= 0.6 is 0 Å². The van der Waals surface area contributed by atoms with Crippen LogP contribution in [-0.2, 0) is 11.3 Å². The van der Waals surface area contributed by atoms with Crippen LogP contribution in [0.2, 0.25) is 0 Å². The minimum absolute atomic E-state index is 0.205. The molecule has 2 aliphatic rings. The topological polar surface area (TPSA) is 73.6 Å². The van der Waals surface area contributed by atoms with Crippen LogP contribution in [0.1, 0.15) is 40.9 Å². The molecule has 0 saturated heterocycles. The molecule has 0 N–H and O–H groups in total. The maximum absolute atomic E-state index is 13.3. The van der Waals surface area contributed by atoms with E-state index in [-0.39, 0.29) is 12.5 Å². The highest BCUT2D eigenvalue weighted by Gasteiger charge is 2.45. The van der Waals surface area contributed by atoms with Crippen LogP contribution in [0.4, 0.5) is 13.2 Å². The molecule has 9 heteroatoms. The second-order valence-electron chi connectivity index (χ2n) is 8.47. The summed E-state index contributed by atoms with van der Waals surface area (Å²) in [6.07, 6.45) is -5.04. The smallest absolute Gasteiger partial charge is 0.471 e. The van der Waals surface area contributed by atoms with Gasteiger partial charge in [-0.2, -0.15) is 18.4 Å². The summed E-state index contributed by atoms with van der Waals surface area (Å²) in [4.78, 5) is 27.2. The lowest BCUT2D eigenvalue weighted by atomic mass is 9.87. The monoisotopic (exact) mass is 455 g/mol. The van der Waals surface area contributed by atoms with Gasteiger partial charge in [-0.25, -0.2) is 0 Å². The minimum Gasteiger partial charge on any atom is -0.483 e. The van der Waals surface area contributed by atoms with E-state index in [4.69, 9.17) is 4.74 Å². The molecule has 170 valence electrons. The quantitative estimate of drug-likeness (QED) is 0.698. The zero-order chi connectivity index (χ0) is 24.1. The van der Waals surface area contributed by atoms with Gasteiger partial charge in [0.2, 0.25) is 0 Å². The van der Waals surface area contributed by atoms with E-state index in [1.807, 2.05) is 12.1 Å². The van der Waals surface area contributed by atoms with Gasteiger partial charge in [0.25, 0.3) is 5.91 Å². The molecule has 0 unspecified atom stereocenters. The number of hydrogen-bond donors (Lipinski definition) is 0. The molecule has 4 rings (SSSR count). The molecule has 0 fully saturated rings. The van der Waals surface area contributed by atoms with Crippen molar-refractivity contribution in [2.45, 2.75) is 32.2 Å². The summed E-state index contributed by atoms with van der Waals surface area (Å²) in [6, 6.07) is 13.8. The fourth-order valence-corrected chi connectivity index (χ4v) is 4.19. The summed E-state index contributed by atoms with van der Waals surface area (Å²) >= 11 is 0. The normalized spacial score (nSPS) is 16.6. The third kappa shape index (κ3) is 3.82. The molecular formula is C24H20F3N3O3. The van der Waals surface area contributed by atoms with Crippen molar-refractivity contribution in [2.75, 3.05) is 13.6 Å². The summed E-state index contributed by atoms with van der Waals surface area (Å²) in [5, 5.41) is 9.40. The van der Waals surface area contributed by atoms with Crippen LogP contribution in [0.3, 0.4) is 0 Å². The fourth-order valence-electron chi connectivity index (χ4n) is 4.19. The van der Waals surface area contributed by atoms with E-state index < -0.39 is 24.2 Å². The van der Waals surface area contributed by atoms with Gasteiger partial charge in [0, 0.05) is 30.3 Å². The summed E-state index contributed by atoms with van der Waals surface area (Å²) < 4.78 is 45.3. The van der Waals surface area contributed by atoms with Gasteiger partial charge < -0.3 is 14.5 Å². The van der Waals surface area contributed by atoms with Gasteiger partial charge in [0.1, 0.15) is 11.4 Å². The van der Waals surface area contributed by atoms with E-state index >= 15 is 0 Å². The van der Waals surface area contributed by atoms with Crippen LogP contribution in [0.5, 0.6) is 5.75 Å². The molecule has 2 aromatic carbocycles. The van der Waals surface area contributed by atoms with Crippen molar-refractivity contribution in [3.63, 3.8) is 0 Å². The van der Waals surface area contributed by atoms with Gasteiger partial charge >= 0.3 is 12.1 Å². The number of carbonyl (C=O) groups is 2. The van der Waals surface area contributed by atoms with Crippen LogP contribution in [0, 0.1) is 11.3 Å². The zero-order valence-corrected chi connectivity index (χ0v) is 18.2. The highest BCUT2D eigenvalue weighted by atomic mass is 19.4. The number of rotatable bonds is 3. The molecule has 0 spiro atoms. The summed E-state index contributed by atoms with van der Waals surface area (Å²) in [5.74, 6) is -1.92. The Balaban J connectivity index is 1.91. The number of alkyl halides is 3. The minimum atomic E-state index is -5.04. The van der Waals surface area contributed by atoms with E-state index in [0.717, 1.165) is 12.6 Å². The SMILES string of the molecule is CN(CC1=C(N2Cc3ccccc3C2=O)c2cc(C#N)ccc2OC1(C)C)C(=O)C(F)(F)F. The second-order valence-corrected chi connectivity index (χ2v) is 8.47. The predicted molar refractivity (Wildman–Crippen MR) is 113 cm³/mol. The van der Waals surface area contributed by atoms with Crippen LogP contribution in [0.15, 0.2) is 48.0 Å². The molecule has 0 aliphatic carbocycles. The third-order valence-electron chi connectivity index (χ3n) is 5.82. The Bertz CT molecular complexity index is 1240. The first kappa shape index (κ1) is 22.4. The molecule has 0 bridgehead atoms. The predicted octanol–water partition coefficient (Wildman–Crippen LogP) is 4.12. The number of benzene rings is 2. The van der Waals surface area contributed by atoms with Crippen molar-refractivity contribution in [3.8, 4) is 11.8 Å². The number of ether oxygens (including phenoxy) is 1. The van der Waals surface area contributed by atoms with Crippen molar-refractivity contribution in [3.05, 3.63) is 70.3 Å². The number of halogens is 3. The van der Waals surface area contributed by atoms with Crippen molar-refractivity contribution in [1.82, 2.24) is 9.80 Å². The standard InChI is InChI=1S/C24H20F3N3O3/c1-23(2)18(13-29(3)22(32)24(25,26)27)20(17-10-14(11-28)8-9-19(17)33-23)30-12-15-6-4-5-7-16(15)21(30)31/h4-10H,12-13H2,1-3H3. The van der Waals surface area contributed by atoms with E-state index in [2.05, 4.69) is 0 Å². The number of amides is 2. The molecular weight excluding hydrogens is 435 g/mol. The molecule has 0 atom stereocenters. The van der Waals surface area contributed by atoms with Gasteiger partial charge in [0.15, 0.2) is 0 Å². The number of fused-ring (bicyclic) bond motifs is 2. The van der Waals surface area contributed by atoms with Gasteiger partial charge in [-0.1, -0.05) is 18.2 Å². The molecule has 6 nitrogen and oxygen atoms in total. The molecule has 0 saturated carbocycles. The number of nitriles is 1. The van der Waals surface area contributed by atoms with Crippen molar-refractivity contribution in [2.24, 2.45) is 0 Å². The summed E-state index contributed by atoms with van der Waals surface area (Å²) in [6.45, 7) is 3.13. The number of hydrogen-bond acceptors (Lipinski definition) is 4. The van der Waals surface area contributed by atoms with Crippen LogP contribution in [0.25, 0.3) is 5.70 Å². The molecule has 2 amide bonds. The zero-order valence-electron chi connectivity index (χ0n) is 18.2. The van der Waals surface area contributed by atoms with Crippen molar-refractivity contribution >= 4 is 17.5 Å². The van der Waals surface area contributed by atoms with Crippen molar-refractivity contribution in [1.29, 1.82) is 5.26 Å². The Hall–Kier alpha value is -3.80. The van der Waals surface area contributed by atoms with E-state index in [1.54, 1.807) is 50.2 Å². The largest absolute Gasteiger partial charge is 0.483 e. The van der Waals surface area contributed by atoms with Crippen LogP contribution < -0.4 is 4.74 Å². The Morgan fingerprint density at radius 1 is 1.21 bits per heavy atom. The average molecular weight is 455 g/mol. The summed E-state index contributed by atoms with van der Waals surface area (Å²) in [7, 11) is 1.05. The first-order valence-electron chi connectivity index (χ1n) is 10.1. The Labute approximate surface area is 188 Å². The van der Waals surface area contributed by atoms with E-state index in [0.29, 0.717) is 38.6 Å². The number of likely N-dealkylation sites (N-methyl/N-ethyl adjacent to an activating group) is 1. The van der Waals surface area contributed by atoms with Gasteiger partial charge in [-0.15, -0.1) is 0 Å². The molecule has 2 aromatic rings. The van der Waals surface area contributed by atoms with Gasteiger partial charge in [-0.3, -0.25) is 9.59 Å². The molecule has 33 heavy (non-hydrogen) atoms. The first-order valence-corrected chi connectivity index (χ1v) is 10.1. The first-order chi connectivity index (χ1) is 15.4. The Morgan fingerprint density at radius 3 is 2.55 bits per heavy atom. The fraction of sp³-hybridized carbons (Fsp3) is 0.292. The number of nitrogens with zero attached hydrogens (tertiary/aromatic N) is 3. The highest BCUT2D eigenvalue weighted by Crippen LogP contribution is 2.45. The molecule has 2 heterocycles. The Kier molecular flexibility index (Phi) is 5.20. The number of carbonyl (C=O) groups excluding carboxylic acids is 2. The van der Waals surface area contributed by atoms with Crippen molar-refractivity contribution < 1.29 is 27.5 Å². The van der Waals surface area contributed by atoms with E-state index in [9.17, 15) is 28.0 Å². The Morgan fingerprint density at radius 2 is 1.91 bits per heavy atom.